The van der Waals surface area contributed by atoms with Crippen molar-refractivity contribution in [2.75, 3.05) is 51.2 Å². The van der Waals surface area contributed by atoms with Crippen molar-refractivity contribution in [2.45, 2.75) is 25.8 Å². The summed E-state index contributed by atoms with van der Waals surface area (Å²) in [6.07, 6.45) is 1.62. The van der Waals surface area contributed by atoms with Crippen LogP contribution < -0.4 is 5.32 Å². The number of carbonyl (C=O) groups is 2. The highest BCUT2D eigenvalue weighted by atomic mass is 19.1. The summed E-state index contributed by atoms with van der Waals surface area (Å²) in [6.45, 7) is 6.53. The van der Waals surface area contributed by atoms with Crippen molar-refractivity contribution in [3.63, 3.8) is 0 Å². The maximum Gasteiger partial charge on any atom is 0.409 e. The van der Waals surface area contributed by atoms with Gasteiger partial charge in [-0.25, -0.2) is 14.0 Å². The van der Waals surface area contributed by atoms with E-state index in [2.05, 4.69) is 10.2 Å². The Morgan fingerprint density at radius 3 is 2.44 bits per heavy atom. The van der Waals surface area contributed by atoms with Gasteiger partial charge in [0.2, 0.25) is 0 Å². The number of hydrogen-bond donors (Lipinski definition) is 1. The van der Waals surface area contributed by atoms with Gasteiger partial charge in [-0.2, -0.15) is 0 Å². The van der Waals surface area contributed by atoms with Gasteiger partial charge in [0, 0.05) is 51.0 Å². The number of piperidine rings is 1. The Morgan fingerprint density at radius 1 is 1.11 bits per heavy atom. The standard InChI is InChI=1S/C19H27FN4O3/c1-2-27-19(26)24-8-6-17(7-9-24)22-10-12-23(13-11-22)18(25)21-16-5-3-4-15(20)14-16/h3-5,14,17H,2,6-13H2,1H3,(H,21,25). The van der Waals surface area contributed by atoms with E-state index in [0.29, 0.717) is 44.5 Å². The number of nitrogens with zero attached hydrogens (tertiary/aromatic N) is 3. The third-order valence-electron chi connectivity index (χ3n) is 5.18. The number of carbonyl (C=O) groups excluding carboxylic acids is 2. The Balaban J connectivity index is 1.42. The third kappa shape index (κ3) is 5.09. The van der Waals surface area contributed by atoms with Gasteiger partial charge in [-0.05, 0) is 38.0 Å². The van der Waals surface area contributed by atoms with Crippen LogP contribution in [0.3, 0.4) is 0 Å². The predicted octanol–water partition coefficient (Wildman–Crippen LogP) is 2.60. The lowest BCUT2D eigenvalue weighted by atomic mass is 10.0. The van der Waals surface area contributed by atoms with Crippen LogP contribution in [0.5, 0.6) is 0 Å². The lowest BCUT2D eigenvalue weighted by Crippen LogP contribution is -2.55. The van der Waals surface area contributed by atoms with Gasteiger partial charge in [0.25, 0.3) is 0 Å². The molecule has 8 heteroatoms. The molecular weight excluding hydrogens is 351 g/mol. The number of benzene rings is 1. The second-order valence-electron chi connectivity index (χ2n) is 6.88. The van der Waals surface area contributed by atoms with Crippen LogP contribution >= 0.6 is 0 Å². The van der Waals surface area contributed by atoms with E-state index in [0.717, 1.165) is 25.9 Å². The van der Waals surface area contributed by atoms with E-state index < -0.39 is 0 Å². The summed E-state index contributed by atoms with van der Waals surface area (Å²) in [4.78, 5) is 30.1. The molecule has 3 amide bonds. The van der Waals surface area contributed by atoms with Crippen molar-refractivity contribution in [2.24, 2.45) is 0 Å². The SMILES string of the molecule is CCOC(=O)N1CCC(N2CCN(C(=O)Nc3cccc(F)c3)CC2)CC1. The molecule has 1 N–H and O–H groups in total. The number of amides is 3. The minimum absolute atomic E-state index is 0.197. The van der Waals surface area contributed by atoms with Crippen molar-refractivity contribution in [3.05, 3.63) is 30.1 Å². The van der Waals surface area contributed by atoms with Crippen LogP contribution in [0, 0.1) is 5.82 Å². The fraction of sp³-hybridized carbons (Fsp3) is 0.579. The van der Waals surface area contributed by atoms with Crippen LogP contribution in [-0.2, 0) is 4.74 Å². The molecule has 0 aliphatic carbocycles. The molecular formula is C19H27FN4O3. The highest BCUT2D eigenvalue weighted by Crippen LogP contribution is 2.19. The summed E-state index contributed by atoms with van der Waals surface area (Å²) >= 11 is 0. The van der Waals surface area contributed by atoms with E-state index in [9.17, 15) is 14.0 Å². The van der Waals surface area contributed by atoms with Crippen molar-refractivity contribution >= 4 is 17.8 Å². The molecule has 0 unspecified atom stereocenters. The Kier molecular flexibility index (Phi) is 6.49. The topological polar surface area (TPSA) is 65.1 Å². The summed E-state index contributed by atoms with van der Waals surface area (Å²) in [5, 5.41) is 2.75. The average molecular weight is 378 g/mol. The summed E-state index contributed by atoms with van der Waals surface area (Å²) < 4.78 is 18.3. The van der Waals surface area contributed by atoms with Gasteiger partial charge in [0.15, 0.2) is 0 Å². The number of rotatable bonds is 3. The molecule has 0 aromatic heterocycles. The minimum Gasteiger partial charge on any atom is -0.450 e. The minimum atomic E-state index is -0.369. The Hall–Kier alpha value is -2.35. The molecule has 2 saturated heterocycles. The zero-order chi connectivity index (χ0) is 19.2. The first-order valence-corrected chi connectivity index (χ1v) is 9.54. The molecule has 2 aliphatic heterocycles. The van der Waals surface area contributed by atoms with Crippen molar-refractivity contribution < 1.29 is 18.7 Å². The number of anilines is 1. The van der Waals surface area contributed by atoms with Crippen LogP contribution in [0.2, 0.25) is 0 Å². The third-order valence-corrected chi connectivity index (χ3v) is 5.18. The maximum absolute atomic E-state index is 13.2. The fourth-order valence-electron chi connectivity index (χ4n) is 3.69. The van der Waals surface area contributed by atoms with Crippen LogP contribution in [0.1, 0.15) is 19.8 Å². The second kappa shape index (κ2) is 9.03. The van der Waals surface area contributed by atoms with Crippen molar-refractivity contribution in [3.8, 4) is 0 Å². The lowest BCUT2D eigenvalue weighted by molar-refractivity contribution is 0.0581. The van der Waals surface area contributed by atoms with E-state index in [1.807, 2.05) is 6.92 Å². The highest BCUT2D eigenvalue weighted by Gasteiger charge is 2.30. The van der Waals surface area contributed by atoms with Gasteiger partial charge in [-0.15, -0.1) is 0 Å². The van der Waals surface area contributed by atoms with E-state index in [1.54, 1.807) is 21.9 Å². The molecule has 0 bridgehead atoms. The van der Waals surface area contributed by atoms with Gasteiger partial charge in [0.1, 0.15) is 5.82 Å². The van der Waals surface area contributed by atoms with Crippen LogP contribution in [0.4, 0.5) is 19.7 Å². The van der Waals surface area contributed by atoms with E-state index >= 15 is 0 Å². The molecule has 0 atom stereocenters. The molecule has 0 saturated carbocycles. The molecule has 1 aromatic rings. The van der Waals surface area contributed by atoms with Crippen LogP contribution in [-0.4, -0.2) is 78.7 Å². The zero-order valence-corrected chi connectivity index (χ0v) is 15.7. The average Bonchev–Trinajstić information content (AvgIpc) is 2.68. The summed E-state index contributed by atoms with van der Waals surface area (Å²) in [5.74, 6) is -0.369. The molecule has 2 aliphatic rings. The van der Waals surface area contributed by atoms with Gasteiger partial charge >= 0.3 is 12.1 Å². The number of urea groups is 1. The predicted molar refractivity (Wildman–Crippen MR) is 100 cm³/mol. The lowest BCUT2D eigenvalue weighted by Gasteiger charge is -2.42. The number of halogens is 1. The van der Waals surface area contributed by atoms with Crippen LogP contribution in [0.15, 0.2) is 24.3 Å². The quantitative estimate of drug-likeness (QED) is 0.878. The number of hydrogen-bond acceptors (Lipinski definition) is 4. The van der Waals surface area contributed by atoms with Gasteiger partial charge in [-0.3, -0.25) is 4.90 Å². The highest BCUT2D eigenvalue weighted by molar-refractivity contribution is 5.89. The summed E-state index contributed by atoms with van der Waals surface area (Å²) in [6, 6.07) is 6.15. The number of likely N-dealkylation sites (tertiary alicyclic amines) is 1. The Bertz CT molecular complexity index is 656. The molecule has 2 heterocycles. The van der Waals surface area contributed by atoms with E-state index in [-0.39, 0.29) is 17.9 Å². The molecule has 0 spiro atoms. The van der Waals surface area contributed by atoms with Crippen molar-refractivity contribution in [1.82, 2.24) is 14.7 Å². The monoisotopic (exact) mass is 378 g/mol. The van der Waals surface area contributed by atoms with Crippen LogP contribution in [0.25, 0.3) is 0 Å². The number of piperazine rings is 1. The summed E-state index contributed by atoms with van der Waals surface area (Å²) in [7, 11) is 0. The van der Waals surface area contributed by atoms with Gasteiger partial charge < -0.3 is 19.9 Å². The molecule has 27 heavy (non-hydrogen) atoms. The Morgan fingerprint density at radius 2 is 1.81 bits per heavy atom. The molecule has 1 aromatic carbocycles. The first kappa shape index (κ1) is 19.4. The maximum atomic E-state index is 13.2. The first-order valence-electron chi connectivity index (χ1n) is 9.54. The zero-order valence-electron chi connectivity index (χ0n) is 15.7. The van der Waals surface area contributed by atoms with Gasteiger partial charge in [-0.1, -0.05) is 6.07 Å². The largest absolute Gasteiger partial charge is 0.450 e. The molecule has 3 rings (SSSR count). The molecule has 148 valence electrons. The van der Waals surface area contributed by atoms with E-state index in [4.69, 9.17) is 4.74 Å². The molecule has 2 fully saturated rings. The normalized spacial score (nSPS) is 19.0. The Labute approximate surface area is 159 Å². The molecule has 0 radical (unpaired) electrons. The first-order chi connectivity index (χ1) is 13.1. The second-order valence-corrected chi connectivity index (χ2v) is 6.88. The molecule has 7 nitrogen and oxygen atoms in total. The fourth-order valence-corrected chi connectivity index (χ4v) is 3.69. The van der Waals surface area contributed by atoms with E-state index in [1.165, 1.54) is 12.1 Å². The summed E-state index contributed by atoms with van der Waals surface area (Å²) in [5.41, 5.74) is 0.466. The number of nitrogens with one attached hydrogen (secondary N) is 1. The smallest absolute Gasteiger partial charge is 0.409 e. The number of ether oxygens (including phenoxy) is 1. The van der Waals surface area contributed by atoms with Gasteiger partial charge in [0.05, 0.1) is 6.61 Å². The van der Waals surface area contributed by atoms with Crippen molar-refractivity contribution in [1.29, 1.82) is 0 Å².